The smallest absolute Gasteiger partial charge is 0.257 e. The van der Waals surface area contributed by atoms with Crippen molar-refractivity contribution in [3.63, 3.8) is 0 Å². The molecule has 3 rings (SSSR count). The van der Waals surface area contributed by atoms with Crippen LogP contribution in [0.15, 0.2) is 16.7 Å². The molecule has 2 aromatic rings. The summed E-state index contributed by atoms with van der Waals surface area (Å²) in [5, 5.41) is 4.30. The first-order chi connectivity index (χ1) is 12.9. The van der Waals surface area contributed by atoms with E-state index < -0.39 is 0 Å². The Morgan fingerprint density at radius 3 is 2.67 bits per heavy atom. The molecule has 1 amide bonds. The minimum absolute atomic E-state index is 0.00977. The lowest BCUT2D eigenvalue weighted by atomic mass is 10.1. The fourth-order valence-corrected chi connectivity index (χ4v) is 3.29. The van der Waals surface area contributed by atoms with Gasteiger partial charge in [-0.15, -0.1) is 0 Å². The van der Waals surface area contributed by atoms with Crippen LogP contribution in [0.25, 0.3) is 0 Å². The van der Waals surface area contributed by atoms with E-state index in [-0.39, 0.29) is 11.9 Å². The van der Waals surface area contributed by atoms with Gasteiger partial charge in [0.05, 0.1) is 29.4 Å². The minimum Gasteiger partial charge on any atom is -0.496 e. The molecule has 146 valence electrons. The van der Waals surface area contributed by atoms with Crippen molar-refractivity contribution in [2.75, 3.05) is 39.0 Å². The molecule has 1 unspecified atom stereocenters. The number of halogens is 1. The first kappa shape index (κ1) is 19.4. The zero-order valence-corrected chi connectivity index (χ0v) is 16.5. The molecule has 2 heterocycles. The van der Waals surface area contributed by atoms with Crippen LogP contribution < -0.4 is 10.5 Å². The molecule has 0 bridgehead atoms. The summed E-state index contributed by atoms with van der Waals surface area (Å²) in [7, 11) is 1.51. The van der Waals surface area contributed by atoms with Gasteiger partial charge in [-0.25, -0.2) is 0 Å². The number of amides is 1. The van der Waals surface area contributed by atoms with Crippen LogP contribution >= 0.6 is 11.6 Å². The van der Waals surface area contributed by atoms with Crippen molar-refractivity contribution in [3.05, 3.63) is 34.4 Å². The van der Waals surface area contributed by atoms with Crippen molar-refractivity contribution in [1.82, 2.24) is 19.9 Å². The highest BCUT2D eigenvalue weighted by Gasteiger charge is 2.29. The summed E-state index contributed by atoms with van der Waals surface area (Å²) in [4.78, 5) is 21.3. The summed E-state index contributed by atoms with van der Waals surface area (Å²) in [5.74, 6) is 1.62. The van der Waals surface area contributed by atoms with Crippen molar-refractivity contribution in [2.45, 2.75) is 26.3 Å². The van der Waals surface area contributed by atoms with Gasteiger partial charge in [-0.05, 0) is 13.0 Å². The van der Waals surface area contributed by atoms with E-state index in [2.05, 4.69) is 15.0 Å². The number of rotatable bonds is 5. The second kappa shape index (κ2) is 8.14. The molecule has 0 radical (unpaired) electrons. The summed E-state index contributed by atoms with van der Waals surface area (Å²) in [6.45, 7) is 6.62. The number of nitrogens with two attached hydrogens (primary N) is 1. The second-order valence-corrected chi connectivity index (χ2v) is 6.89. The van der Waals surface area contributed by atoms with Crippen molar-refractivity contribution < 1.29 is 14.1 Å². The highest BCUT2D eigenvalue weighted by Crippen LogP contribution is 2.30. The van der Waals surface area contributed by atoms with E-state index in [0.29, 0.717) is 59.9 Å². The Bertz CT molecular complexity index is 817. The molecule has 0 spiro atoms. The van der Waals surface area contributed by atoms with Gasteiger partial charge in [0.25, 0.3) is 5.91 Å². The molecule has 1 saturated heterocycles. The maximum absolute atomic E-state index is 12.9. The van der Waals surface area contributed by atoms with Gasteiger partial charge < -0.3 is 19.9 Å². The Hall–Kier alpha value is -2.32. The Balaban J connectivity index is 1.67. The lowest BCUT2D eigenvalue weighted by molar-refractivity contribution is 0.0549. The van der Waals surface area contributed by atoms with E-state index in [1.807, 2.05) is 13.8 Å². The first-order valence-corrected chi connectivity index (χ1v) is 9.31. The van der Waals surface area contributed by atoms with Gasteiger partial charge in [-0.3, -0.25) is 9.69 Å². The summed E-state index contributed by atoms with van der Waals surface area (Å²) in [5.41, 5.74) is 6.60. The summed E-state index contributed by atoms with van der Waals surface area (Å²) in [6.07, 6.45) is 0.741. The lowest BCUT2D eigenvalue weighted by Gasteiger charge is -2.37. The van der Waals surface area contributed by atoms with Crippen LogP contribution in [0.4, 0.5) is 5.69 Å². The predicted octanol–water partition coefficient (Wildman–Crippen LogP) is 2.40. The molecular formula is C18H24ClN5O3. The van der Waals surface area contributed by atoms with E-state index in [1.165, 1.54) is 7.11 Å². The quantitative estimate of drug-likeness (QED) is 0.779. The highest BCUT2D eigenvalue weighted by molar-refractivity contribution is 6.33. The van der Waals surface area contributed by atoms with E-state index in [1.54, 1.807) is 17.0 Å². The van der Waals surface area contributed by atoms with Gasteiger partial charge in [0.15, 0.2) is 5.82 Å². The topological polar surface area (TPSA) is 97.7 Å². The number of anilines is 1. The number of hydrogen-bond acceptors (Lipinski definition) is 7. The zero-order chi connectivity index (χ0) is 19.6. The fraction of sp³-hybridized carbons (Fsp3) is 0.500. The van der Waals surface area contributed by atoms with Crippen molar-refractivity contribution in [3.8, 4) is 5.75 Å². The van der Waals surface area contributed by atoms with E-state index in [9.17, 15) is 4.79 Å². The fourth-order valence-electron chi connectivity index (χ4n) is 3.12. The van der Waals surface area contributed by atoms with Crippen LogP contribution in [0.3, 0.4) is 0 Å². The molecule has 1 aliphatic rings. The van der Waals surface area contributed by atoms with Gasteiger partial charge in [-0.1, -0.05) is 23.7 Å². The number of benzene rings is 1. The van der Waals surface area contributed by atoms with Gasteiger partial charge >= 0.3 is 0 Å². The molecule has 0 aliphatic carbocycles. The summed E-state index contributed by atoms with van der Waals surface area (Å²) in [6, 6.07) is 3.16. The number of hydrogen-bond donors (Lipinski definition) is 1. The van der Waals surface area contributed by atoms with Crippen molar-refractivity contribution in [2.24, 2.45) is 0 Å². The number of carbonyl (C=O) groups excluding carboxylic acids is 1. The third-order valence-corrected chi connectivity index (χ3v) is 5.18. The summed E-state index contributed by atoms with van der Waals surface area (Å²) < 4.78 is 10.6. The van der Waals surface area contributed by atoms with E-state index in [4.69, 9.17) is 26.6 Å². The number of methoxy groups -OCH3 is 1. The predicted molar refractivity (Wildman–Crippen MR) is 102 cm³/mol. The summed E-state index contributed by atoms with van der Waals surface area (Å²) >= 11 is 6.09. The van der Waals surface area contributed by atoms with Crippen LogP contribution in [0.5, 0.6) is 5.75 Å². The molecule has 1 aromatic heterocycles. The van der Waals surface area contributed by atoms with Gasteiger partial charge in [-0.2, -0.15) is 4.98 Å². The third-order valence-electron chi connectivity index (χ3n) is 4.86. The van der Waals surface area contributed by atoms with Crippen LogP contribution in [-0.4, -0.2) is 59.1 Å². The Morgan fingerprint density at radius 2 is 2.07 bits per heavy atom. The molecule has 2 N–H and O–H groups in total. The number of carbonyl (C=O) groups is 1. The Labute approximate surface area is 163 Å². The molecule has 8 nitrogen and oxygen atoms in total. The van der Waals surface area contributed by atoms with E-state index >= 15 is 0 Å². The zero-order valence-electron chi connectivity index (χ0n) is 15.7. The van der Waals surface area contributed by atoms with Gasteiger partial charge in [0.1, 0.15) is 5.75 Å². The molecular weight excluding hydrogens is 370 g/mol. The third kappa shape index (κ3) is 4.01. The Kier molecular flexibility index (Phi) is 5.86. The van der Waals surface area contributed by atoms with Crippen molar-refractivity contribution >= 4 is 23.2 Å². The average Bonchev–Trinajstić information content (AvgIpc) is 3.18. The number of aromatic nitrogens is 2. The molecule has 1 aliphatic heterocycles. The maximum Gasteiger partial charge on any atom is 0.257 e. The largest absolute Gasteiger partial charge is 0.496 e. The Morgan fingerprint density at radius 1 is 1.37 bits per heavy atom. The number of nitrogen functional groups attached to an aromatic ring is 1. The van der Waals surface area contributed by atoms with Gasteiger partial charge in [0, 0.05) is 38.7 Å². The number of piperazine rings is 1. The second-order valence-electron chi connectivity index (χ2n) is 6.48. The van der Waals surface area contributed by atoms with Crippen LogP contribution in [-0.2, 0) is 6.42 Å². The molecule has 27 heavy (non-hydrogen) atoms. The van der Waals surface area contributed by atoms with Gasteiger partial charge in [0.2, 0.25) is 5.89 Å². The molecule has 1 atom stereocenters. The van der Waals surface area contributed by atoms with Crippen molar-refractivity contribution in [1.29, 1.82) is 0 Å². The number of nitrogens with zero attached hydrogens (tertiary/aromatic N) is 4. The van der Waals surface area contributed by atoms with Crippen LogP contribution in [0.1, 0.15) is 42.0 Å². The molecule has 1 fully saturated rings. The number of ether oxygens (including phenoxy) is 1. The monoisotopic (exact) mass is 393 g/mol. The van der Waals surface area contributed by atoms with Crippen LogP contribution in [0, 0.1) is 0 Å². The lowest BCUT2D eigenvalue weighted by Crippen LogP contribution is -2.49. The van der Waals surface area contributed by atoms with E-state index in [0.717, 1.165) is 6.42 Å². The minimum atomic E-state index is -0.118. The SMILES string of the molecule is CCc1noc(C(C)N2CCN(C(=O)c3cc(Cl)c(N)cc3OC)CC2)n1. The van der Waals surface area contributed by atoms with Crippen LogP contribution in [0.2, 0.25) is 5.02 Å². The normalized spacial score (nSPS) is 16.4. The standard InChI is InChI=1S/C18H24ClN5O3/c1-4-16-21-17(27-22-16)11(2)23-5-7-24(8-6-23)18(25)12-9-13(19)14(20)10-15(12)26-3/h9-11H,4-8,20H2,1-3H3. The highest BCUT2D eigenvalue weighted by atomic mass is 35.5. The molecule has 1 aromatic carbocycles. The first-order valence-electron chi connectivity index (χ1n) is 8.93. The number of aryl methyl sites for hydroxylation is 1. The average molecular weight is 394 g/mol. The molecule has 0 saturated carbocycles. The molecule has 9 heteroatoms. The maximum atomic E-state index is 12.9.